The van der Waals surface area contributed by atoms with Crippen molar-refractivity contribution >= 4 is 17.7 Å². The maximum Gasteiger partial charge on any atom is 0.323 e. The fourth-order valence-electron chi connectivity index (χ4n) is 0.991. The van der Waals surface area contributed by atoms with Crippen LogP contribution in [0.1, 0.15) is 27.2 Å². The summed E-state index contributed by atoms with van der Waals surface area (Å²) in [6.07, 6.45) is 1.05. The lowest BCUT2D eigenvalue weighted by molar-refractivity contribution is -0.148. The number of carboxylic acid groups (broad SMARTS) is 1. The summed E-state index contributed by atoms with van der Waals surface area (Å²) in [6, 6.07) is 0. The Morgan fingerprint density at radius 3 is 2.50 bits per heavy atom. The molecule has 0 aliphatic carbocycles. The van der Waals surface area contributed by atoms with E-state index in [1.165, 1.54) is 0 Å². The van der Waals surface area contributed by atoms with Gasteiger partial charge >= 0.3 is 5.97 Å². The molecule has 0 atom stereocenters. The molecule has 0 amide bonds. The molecule has 14 heavy (non-hydrogen) atoms. The lowest BCUT2D eigenvalue weighted by Crippen LogP contribution is -2.48. The number of aliphatic carboxylic acids is 1. The molecule has 0 aliphatic heterocycles. The van der Waals surface area contributed by atoms with E-state index in [-0.39, 0.29) is 0 Å². The number of hydrogen-bond acceptors (Lipinski definition) is 3. The molecule has 3 nitrogen and oxygen atoms in total. The Hall–Kier alpha value is -0.220. The van der Waals surface area contributed by atoms with Crippen molar-refractivity contribution in [3.05, 3.63) is 0 Å². The van der Waals surface area contributed by atoms with Crippen LogP contribution in [0.3, 0.4) is 0 Å². The van der Waals surface area contributed by atoms with Gasteiger partial charge in [0.1, 0.15) is 5.54 Å². The van der Waals surface area contributed by atoms with Crippen LogP contribution < -0.4 is 0 Å². The van der Waals surface area contributed by atoms with Gasteiger partial charge in [-0.05, 0) is 45.4 Å². The summed E-state index contributed by atoms with van der Waals surface area (Å²) in [5.41, 5.74) is -0.753. The smallest absolute Gasteiger partial charge is 0.323 e. The summed E-state index contributed by atoms with van der Waals surface area (Å²) in [7, 11) is 1.87. The summed E-state index contributed by atoms with van der Waals surface area (Å²) in [4.78, 5) is 12.8. The van der Waals surface area contributed by atoms with E-state index in [1.54, 1.807) is 13.8 Å². The Morgan fingerprint density at radius 1 is 1.50 bits per heavy atom. The number of carboxylic acids is 1. The molecule has 0 rings (SSSR count). The fourth-order valence-corrected chi connectivity index (χ4v) is 1.61. The van der Waals surface area contributed by atoms with Crippen LogP contribution in [0.15, 0.2) is 0 Å². The zero-order valence-electron chi connectivity index (χ0n) is 9.54. The molecule has 1 N–H and O–H groups in total. The predicted molar refractivity (Wildman–Crippen MR) is 62.0 cm³/mol. The van der Waals surface area contributed by atoms with Gasteiger partial charge in [-0.3, -0.25) is 9.69 Å². The third-order valence-electron chi connectivity index (χ3n) is 2.46. The Labute approximate surface area is 90.9 Å². The third kappa shape index (κ3) is 4.33. The topological polar surface area (TPSA) is 40.5 Å². The van der Waals surface area contributed by atoms with Crippen molar-refractivity contribution in [3.63, 3.8) is 0 Å². The van der Waals surface area contributed by atoms with Gasteiger partial charge in [0.05, 0.1) is 0 Å². The lowest BCUT2D eigenvalue weighted by atomic mass is 10.0. The van der Waals surface area contributed by atoms with Crippen molar-refractivity contribution < 1.29 is 9.90 Å². The number of thioether (sulfide) groups is 1. The number of likely N-dealkylation sites (N-methyl/N-ethyl adjacent to an activating group) is 1. The van der Waals surface area contributed by atoms with Crippen molar-refractivity contribution in [1.29, 1.82) is 0 Å². The maximum absolute atomic E-state index is 10.9. The molecule has 0 saturated heterocycles. The first-order valence-corrected chi connectivity index (χ1v) is 6.10. The van der Waals surface area contributed by atoms with Gasteiger partial charge in [0.15, 0.2) is 0 Å². The average Bonchev–Trinajstić information content (AvgIpc) is 2.11. The van der Waals surface area contributed by atoms with Crippen LogP contribution >= 0.6 is 11.8 Å². The first-order valence-electron chi connectivity index (χ1n) is 4.95. The van der Waals surface area contributed by atoms with Crippen molar-refractivity contribution in [2.45, 2.75) is 32.7 Å². The minimum absolute atomic E-state index is 0.753. The summed E-state index contributed by atoms with van der Waals surface area (Å²) in [6.45, 7) is 6.45. The van der Waals surface area contributed by atoms with Gasteiger partial charge in [0, 0.05) is 0 Å². The SMILES string of the molecule is CCSCCCN(C)C(C)(C)C(=O)O. The highest BCUT2D eigenvalue weighted by Gasteiger charge is 2.31. The van der Waals surface area contributed by atoms with Crippen molar-refractivity contribution in [3.8, 4) is 0 Å². The van der Waals surface area contributed by atoms with Crippen LogP contribution in [-0.4, -0.2) is 46.6 Å². The molecule has 0 spiro atoms. The van der Waals surface area contributed by atoms with E-state index in [1.807, 2.05) is 23.7 Å². The summed E-state index contributed by atoms with van der Waals surface area (Å²) in [5.74, 6) is 1.48. The van der Waals surface area contributed by atoms with Gasteiger partial charge in [0.25, 0.3) is 0 Å². The molecule has 0 saturated carbocycles. The highest BCUT2D eigenvalue weighted by atomic mass is 32.2. The maximum atomic E-state index is 10.9. The van der Waals surface area contributed by atoms with Crippen LogP contribution in [0.5, 0.6) is 0 Å². The molecule has 0 bridgehead atoms. The van der Waals surface area contributed by atoms with Crippen LogP contribution in [0.4, 0.5) is 0 Å². The van der Waals surface area contributed by atoms with E-state index in [0.29, 0.717) is 0 Å². The zero-order chi connectivity index (χ0) is 11.2. The molecule has 0 aromatic heterocycles. The molecule has 0 unspecified atom stereocenters. The molecule has 0 fully saturated rings. The van der Waals surface area contributed by atoms with Gasteiger partial charge < -0.3 is 5.11 Å². The molecule has 0 aromatic rings. The quantitative estimate of drug-likeness (QED) is 0.664. The highest BCUT2D eigenvalue weighted by Crippen LogP contribution is 2.13. The van der Waals surface area contributed by atoms with Crippen molar-refractivity contribution in [2.24, 2.45) is 0 Å². The molecule has 0 aromatic carbocycles. The van der Waals surface area contributed by atoms with Crippen LogP contribution in [0, 0.1) is 0 Å². The number of carbonyl (C=O) groups is 1. The highest BCUT2D eigenvalue weighted by molar-refractivity contribution is 7.99. The predicted octanol–water partition coefficient (Wildman–Crippen LogP) is 1.92. The Morgan fingerprint density at radius 2 is 2.07 bits per heavy atom. The normalized spacial score (nSPS) is 12.1. The van der Waals surface area contributed by atoms with Crippen LogP contribution in [-0.2, 0) is 4.79 Å². The van der Waals surface area contributed by atoms with Crippen molar-refractivity contribution in [2.75, 3.05) is 25.1 Å². The zero-order valence-corrected chi connectivity index (χ0v) is 10.4. The first kappa shape index (κ1) is 13.8. The van der Waals surface area contributed by atoms with Crippen LogP contribution in [0.25, 0.3) is 0 Å². The summed E-state index contributed by atoms with van der Waals surface area (Å²) in [5, 5.41) is 8.97. The minimum atomic E-state index is -0.761. The van der Waals surface area contributed by atoms with Gasteiger partial charge in [-0.2, -0.15) is 11.8 Å². The van der Waals surface area contributed by atoms with Gasteiger partial charge in [-0.1, -0.05) is 6.92 Å². The van der Waals surface area contributed by atoms with Crippen molar-refractivity contribution in [1.82, 2.24) is 4.90 Å². The second kappa shape index (κ2) is 6.30. The number of nitrogens with zero attached hydrogens (tertiary/aromatic N) is 1. The Bertz CT molecular complexity index is 183. The number of rotatable bonds is 7. The standard InChI is InChI=1S/C10H21NO2S/c1-5-14-8-6-7-11(4)10(2,3)9(12)13/h5-8H2,1-4H3,(H,12,13). The molecule has 84 valence electrons. The fraction of sp³-hybridized carbons (Fsp3) is 0.900. The molecule has 4 heteroatoms. The Balaban J connectivity index is 3.83. The minimum Gasteiger partial charge on any atom is -0.480 e. The van der Waals surface area contributed by atoms with Gasteiger partial charge in [-0.25, -0.2) is 0 Å². The van der Waals surface area contributed by atoms with E-state index in [4.69, 9.17) is 5.11 Å². The Kier molecular flexibility index (Phi) is 6.20. The first-order chi connectivity index (χ1) is 6.42. The van der Waals surface area contributed by atoms with E-state index < -0.39 is 11.5 Å². The van der Waals surface area contributed by atoms with E-state index in [9.17, 15) is 4.79 Å². The van der Waals surface area contributed by atoms with Gasteiger partial charge in [0.2, 0.25) is 0 Å². The van der Waals surface area contributed by atoms with Crippen LogP contribution in [0.2, 0.25) is 0 Å². The van der Waals surface area contributed by atoms with E-state index >= 15 is 0 Å². The molecule has 0 heterocycles. The largest absolute Gasteiger partial charge is 0.480 e. The second-order valence-corrected chi connectivity index (χ2v) is 5.23. The lowest BCUT2D eigenvalue weighted by Gasteiger charge is -2.31. The third-order valence-corrected chi connectivity index (χ3v) is 3.45. The molecule has 0 radical (unpaired) electrons. The van der Waals surface area contributed by atoms with E-state index in [0.717, 1.165) is 24.5 Å². The summed E-state index contributed by atoms with van der Waals surface area (Å²) < 4.78 is 0. The molecular formula is C10H21NO2S. The number of hydrogen-bond donors (Lipinski definition) is 1. The van der Waals surface area contributed by atoms with Gasteiger partial charge in [-0.15, -0.1) is 0 Å². The monoisotopic (exact) mass is 219 g/mol. The molecular weight excluding hydrogens is 198 g/mol. The van der Waals surface area contributed by atoms with E-state index in [2.05, 4.69) is 6.92 Å². The summed E-state index contributed by atoms with van der Waals surface area (Å²) >= 11 is 1.90. The second-order valence-electron chi connectivity index (χ2n) is 3.84. The average molecular weight is 219 g/mol. The molecule has 0 aliphatic rings.